The first kappa shape index (κ1) is 12.4. The maximum absolute atomic E-state index is 9.15. The second-order valence-electron chi connectivity index (χ2n) is 4.99. The summed E-state index contributed by atoms with van der Waals surface area (Å²) < 4.78 is 1.89. The first-order chi connectivity index (χ1) is 9.38. The molecule has 2 N–H and O–H groups in total. The molecule has 1 saturated carbocycles. The van der Waals surface area contributed by atoms with Gasteiger partial charge in [-0.2, -0.15) is 5.10 Å². The molecule has 0 unspecified atom stereocenters. The predicted molar refractivity (Wildman–Crippen MR) is 74.6 cm³/mol. The van der Waals surface area contributed by atoms with Gasteiger partial charge in [-0.3, -0.25) is 4.68 Å². The first-order valence-corrected chi connectivity index (χ1v) is 6.83. The van der Waals surface area contributed by atoms with Crippen LogP contribution in [0.3, 0.4) is 0 Å². The van der Waals surface area contributed by atoms with Crippen LogP contribution in [-0.4, -0.2) is 27.5 Å². The standard InChI is InChI=1S/C15H19N3O/c19-9-8-18-15(12-4-2-1-3-5-12)13(11-17-18)10-16-14-6-7-14/h1-5,11,14,16,19H,6-10H2. The summed E-state index contributed by atoms with van der Waals surface area (Å²) in [7, 11) is 0. The van der Waals surface area contributed by atoms with Crippen LogP contribution in [-0.2, 0) is 13.1 Å². The van der Waals surface area contributed by atoms with Crippen molar-refractivity contribution < 1.29 is 5.11 Å². The molecule has 19 heavy (non-hydrogen) atoms. The Labute approximate surface area is 113 Å². The van der Waals surface area contributed by atoms with E-state index in [1.54, 1.807) is 0 Å². The minimum absolute atomic E-state index is 0.108. The van der Waals surface area contributed by atoms with Crippen LogP contribution in [0.2, 0.25) is 0 Å². The summed E-state index contributed by atoms with van der Waals surface area (Å²) >= 11 is 0. The van der Waals surface area contributed by atoms with Gasteiger partial charge in [-0.05, 0) is 12.8 Å². The Kier molecular flexibility index (Phi) is 3.62. The topological polar surface area (TPSA) is 50.1 Å². The molecule has 0 spiro atoms. The fraction of sp³-hybridized carbons (Fsp3) is 0.400. The average Bonchev–Trinajstić information content (AvgIpc) is 3.19. The lowest BCUT2D eigenvalue weighted by Gasteiger charge is -2.09. The van der Waals surface area contributed by atoms with Crippen LogP contribution in [0.25, 0.3) is 11.3 Å². The normalized spacial score (nSPS) is 14.8. The Morgan fingerprint density at radius 1 is 1.26 bits per heavy atom. The monoisotopic (exact) mass is 257 g/mol. The van der Waals surface area contributed by atoms with Crippen molar-refractivity contribution in [2.45, 2.75) is 32.0 Å². The van der Waals surface area contributed by atoms with Crippen molar-refractivity contribution in [3.63, 3.8) is 0 Å². The highest BCUT2D eigenvalue weighted by molar-refractivity contribution is 5.63. The quantitative estimate of drug-likeness (QED) is 0.829. The molecule has 0 radical (unpaired) electrons. The summed E-state index contributed by atoms with van der Waals surface area (Å²) in [5.74, 6) is 0. The Morgan fingerprint density at radius 2 is 2.05 bits per heavy atom. The van der Waals surface area contributed by atoms with E-state index in [4.69, 9.17) is 5.11 Å². The summed E-state index contributed by atoms with van der Waals surface area (Å²) in [6.45, 7) is 1.49. The maximum atomic E-state index is 9.15. The zero-order valence-electron chi connectivity index (χ0n) is 10.9. The number of benzene rings is 1. The lowest BCUT2D eigenvalue weighted by atomic mass is 10.1. The van der Waals surface area contributed by atoms with Gasteiger partial charge in [0.2, 0.25) is 0 Å². The number of aliphatic hydroxyl groups excluding tert-OH is 1. The van der Waals surface area contributed by atoms with Crippen LogP contribution >= 0.6 is 0 Å². The van der Waals surface area contributed by atoms with Crippen molar-refractivity contribution in [1.82, 2.24) is 15.1 Å². The molecule has 0 saturated heterocycles. The van der Waals surface area contributed by atoms with Gasteiger partial charge in [-0.15, -0.1) is 0 Å². The summed E-state index contributed by atoms with van der Waals surface area (Å²) in [6.07, 6.45) is 4.48. The Morgan fingerprint density at radius 3 is 2.74 bits per heavy atom. The van der Waals surface area contributed by atoms with E-state index in [2.05, 4.69) is 22.5 Å². The Hall–Kier alpha value is -1.65. The van der Waals surface area contributed by atoms with Crippen LogP contribution in [0, 0.1) is 0 Å². The summed E-state index contributed by atoms with van der Waals surface area (Å²) in [4.78, 5) is 0. The molecule has 100 valence electrons. The fourth-order valence-corrected chi connectivity index (χ4v) is 2.29. The number of nitrogens with zero attached hydrogens (tertiary/aromatic N) is 2. The van der Waals surface area contributed by atoms with Crippen molar-refractivity contribution in [3.05, 3.63) is 42.1 Å². The van der Waals surface area contributed by atoms with Crippen LogP contribution < -0.4 is 5.32 Å². The number of aromatic nitrogens is 2. The SMILES string of the molecule is OCCn1ncc(CNC2CC2)c1-c1ccccc1. The van der Waals surface area contributed by atoms with Crippen molar-refractivity contribution in [1.29, 1.82) is 0 Å². The van der Waals surface area contributed by atoms with Crippen molar-refractivity contribution in [2.24, 2.45) is 0 Å². The number of hydrogen-bond acceptors (Lipinski definition) is 3. The number of nitrogens with one attached hydrogen (secondary N) is 1. The van der Waals surface area contributed by atoms with Crippen LogP contribution in [0.5, 0.6) is 0 Å². The molecule has 4 heteroatoms. The Bertz CT molecular complexity index is 532. The molecule has 3 rings (SSSR count). The second kappa shape index (κ2) is 5.55. The molecule has 0 atom stereocenters. The molecule has 0 aliphatic heterocycles. The van der Waals surface area contributed by atoms with E-state index in [-0.39, 0.29) is 6.61 Å². The van der Waals surface area contributed by atoms with E-state index in [1.165, 1.54) is 18.4 Å². The highest BCUT2D eigenvalue weighted by atomic mass is 16.3. The summed E-state index contributed by atoms with van der Waals surface area (Å²) in [5.41, 5.74) is 3.47. The zero-order chi connectivity index (χ0) is 13.1. The largest absolute Gasteiger partial charge is 0.394 e. The van der Waals surface area contributed by atoms with Crippen LogP contribution in [0.4, 0.5) is 0 Å². The van der Waals surface area contributed by atoms with Crippen molar-refractivity contribution in [2.75, 3.05) is 6.61 Å². The van der Waals surface area contributed by atoms with Crippen LogP contribution in [0.15, 0.2) is 36.5 Å². The summed E-state index contributed by atoms with van der Waals surface area (Å²) in [5, 5.41) is 17.1. The van der Waals surface area contributed by atoms with E-state index in [1.807, 2.05) is 29.1 Å². The molecular weight excluding hydrogens is 238 g/mol. The molecule has 1 aliphatic carbocycles. The van der Waals surface area contributed by atoms with Gasteiger partial charge in [0.1, 0.15) is 0 Å². The number of hydrogen-bond donors (Lipinski definition) is 2. The minimum Gasteiger partial charge on any atom is -0.394 e. The molecule has 0 bridgehead atoms. The molecular formula is C15H19N3O. The first-order valence-electron chi connectivity index (χ1n) is 6.83. The average molecular weight is 257 g/mol. The highest BCUT2D eigenvalue weighted by Crippen LogP contribution is 2.25. The molecule has 4 nitrogen and oxygen atoms in total. The molecule has 1 aromatic carbocycles. The van der Waals surface area contributed by atoms with Crippen molar-refractivity contribution >= 4 is 0 Å². The van der Waals surface area contributed by atoms with Gasteiger partial charge in [0, 0.05) is 23.7 Å². The van der Waals surface area contributed by atoms with Gasteiger partial charge in [0.25, 0.3) is 0 Å². The van der Waals surface area contributed by atoms with E-state index in [9.17, 15) is 0 Å². The van der Waals surface area contributed by atoms with Gasteiger partial charge in [0.05, 0.1) is 25.0 Å². The van der Waals surface area contributed by atoms with Crippen molar-refractivity contribution in [3.8, 4) is 11.3 Å². The second-order valence-corrected chi connectivity index (χ2v) is 4.99. The lowest BCUT2D eigenvalue weighted by molar-refractivity contribution is 0.270. The molecule has 1 heterocycles. The lowest BCUT2D eigenvalue weighted by Crippen LogP contribution is -2.16. The molecule has 1 aliphatic rings. The van der Waals surface area contributed by atoms with E-state index >= 15 is 0 Å². The fourth-order valence-electron chi connectivity index (χ4n) is 2.29. The van der Waals surface area contributed by atoms with Gasteiger partial charge in [-0.25, -0.2) is 0 Å². The predicted octanol–water partition coefficient (Wildman–Crippen LogP) is 1.79. The van der Waals surface area contributed by atoms with E-state index in [0.717, 1.165) is 17.8 Å². The number of aliphatic hydroxyl groups is 1. The van der Waals surface area contributed by atoms with E-state index in [0.29, 0.717) is 12.6 Å². The van der Waals surface area contributed by atoms with Crippen LogP contribution in [0.1, 0.15) is 18.4 Å². The molecule has 1 fully saturated rings. The molecule has 2 aromatic rings. The third-order valence-corrected chi connectivity index (χ3v) is 3.43. The van der Waals surface area contributed by atoms with Gasteiger partial charge in [-0.1, -0.05) is 30.3 Å². The van der Waals surface area contributed by atoms with Gasteiger partial charge >= 0.3 is 0 Å². The van der Waals surface area contributed by atoms with Gasteiger partial charge in [0.15, 0.2) is 0 Å². The smallest absolute Gasteiger partial charge is 0.0728 e. The third kappa shape index (κ3) is 2.85. The molecule has 0 amide bonds. The maximum Gasteiger partial charge on any atom is 0.0728 e. The minimum atomic E-state index is 0.108. The highest BCUT2D eigenvalue weighted by Gasteiger charge is 2.21. The zero-order valence-corrected chi connectivity index (χ0v) is 10.9. The third-order valence-electron chi connectivity index (χ3n) is 3.43. The summed E-state index contributed by atoms with van der Waals surface area (Å²) in [6, 6.07) is 10.9. The van der Waals surface area contributed by atoms with E-state index < -0.39 is 0 Å². The van der Waals surface area contributed by atoms with Gasteiger partial charge < -0.3 is 10.4 Å². The Balaban J connectivity index is 1.90. The molecule has 1 aromatic heterocycles. The number of rotatable bonds is 6.